The van der Waals surface area contributed by atoms with Crippen molar-refractivity contribution in [1.29, 1.82) is 0 Å². The quantitative estimate of drug-likeness (QED) is 0.595. The van der Waals surface area contributed by atoms with E-state index < -0.39 is 0 Å². The molecule has 1 fully saturated rings. The number of hydrogen-bond donors (Lipinski definition) is 1. The SMILES string of the molecule is O=C(CSc1nc2c(c(=O)n1Cc1ccccc1)SCC2)NC1CCCC1. The minimum Gasteiger partial charge on any atom is -0.353 e. The number of amides is 1. The zero-order valence-corrected chi connectivity index (χ0v) is 16.8. The van der Waals surface area contributed by atoms with Gasteiger partial charge in [-0.1, -0.05) is 54.9 Å². The third-order valence-corrected chi connectivity index (χ3v) is 7.07. The predicted molar refractivity (Wildman–Crippen MR) is 110 cm³/mol. The van der Waals surface area contributed by atoms with Crippen LogP contribution >= 0.6 is 23.5 Å². The normalized spacial score (nSPS) is 16.4. The van der Waals surface area contributed by atoms with Gasteiger partial charge in [-0.15, -0.1) is 11.8 Å². The zero-order chi connectivity index (χ0) is 18.6. The lowest BCUT2D eigenvalue weighted by molar-refractivity contribution is -0.119. The van der Waals surface area contributed by atoms with Crippen LogP contribution in [0.4, 0.5) is 0 Å². The van der Waals surface area contributed by atoms with Crippen LogP contribution in [-0.4, -0.2) is 33.0 Å². The fourth-order valence-electron chi connectivity index (χ4n) is 3.61. The summed E-state index contributed by atoms with van der Waals surface area (Å²) in [5, 5.41) is 3.75. The Kier molecular flexibility index (Phi) is 5.88. The second-order valence-corrected chi connectivity index (χ2v) is 9.03. The van der Waals surface area contributed by atoms with E-state index in [0.29, 0.717) is 23.5 Å². The Labute approximate surface area is 167 Å². The monoisotopic (exact) mass is 401 g/mol. The van der Waals surface area contributed by atoms with Gasteiger partial charge in [0.1, 0.15) is 0 Å². The van der Waals surface area contributed by atoms with Crippen LogP contribution in [0.1, 0.15) is 36.9 Å². The van der Waals surface area contributed by atoms with Crippen LogP contribution in [0.3, 0.4) is 0 Å². The maximum atomic E-state index is 13.0. The highest BCUT2D eigenvalue weighted by Gasteiger charge is 2.23. The molecule has 7 heteroatoms. The molecule has 2 heterocycles. The Morgan fingerprint density at radius 2 is 2.04 bits per heavy atom. The van der Waals surface area contributed by atoms with E-state index in [-0.39, 0.29) is 11.5 Å². The van der Waals surface area contributed by atoms with Crippen molar-refractivity contribution in [2.75, 3.05) is 11.5 Å². The molecule has 0 unspecified atom stereocenters. The predicted octanol–water partition coefficient (Wildman–Crippen LogP) is 3.09. The lowest BCUT2D eigenvalue weighted by Gasteiger charge is -2.15. The first-order chi connectivity index (χ1) is 13.2. The van der Waals surface area contributed by atoms with Gasteiger partial charge in [0.05, 0.1) is 22.9 Å². The van der Waals surface area contributed by atoms with Gasteiger partial charge < -0.3 is 5.32 Å². The van der Waals surface area contributed by atoms with Crippen LogP contribution in [0.5, 0.6) is 0 Å². The number of hydrogen-bond acceptors (Lipinski definition) is 5. The molecule has 0 atom stereocenters. The topological polar surface area (TPSA) is 64.0 Å². The first kappa shape index (κ1) is 18.6. The first-order valence-electron chi connectivity index (χ1n) is 9.43. The molecule has 1 aromatic heterocycles. The van der Waals surface area contributed by atoms with Crippen molar-refractivity contribution in [2.24, 2.45) is 0 Å². The number of benzene rings is 1. The highest BCUT2D eigenvalue weighted by atomic mass is 32.2. The molecule has 142 valence electrons. The molecule has 0 saturated heterocycles. The van der Waals surface area contributed by atoms with Gasteiger partial charge in [-0.3, -0.25) is 14.2 Å². The number of thioether (sulfide) groups is 2. The van der Waals surface area contributed by atoms with Crippen LogP contribution in [0, 0.1) is 0 Å². The van der Waals surface area contributed by atoms with Gasteiger partial charge in [0.15, 0.2) is 5.16 Å². The molecule has 0 bridgehead atoms. The zero-order valence-electron chi connectivity index (χ0n) is 15.1. The molecule has 1 amide bonds. The van der Waals surface area contributed by atoms with E-state index in [9.17, 15) is 9.59 Å². The van der Waals surface area contributed by atoms with Gasteiger partial charge in [-0.05, 0) is 18.4 Å². The molecule has 0 spiro atoms. The molecule has 1 aliphatic carbocycles. The average Bonchev–Trinajstić information content (AvgIpc) is 3.35. The summed E-state index contributed by atoms with van der Waals surface area (Å²) >= 11 is 2.96. The van der Waals surface area contributed by atoms with Crippen LogP contribution in [-0.2, 0) is 17.8 Å². The van der Waals surface area contributed by atoms with Crippen molar-refractivity contribution in [3.63, 3.8) is 0 Å². The fourth-order valence-corrected chi connectivity index (χ4v) is 5.48. The summed E-state index contributed by atoms with van der Waals surface area (Å²) in [4.78, 5) is 30.8. The second kappa shape index (κ2) is 8.52. The van der Waals surface area contributed by atoms with Crippen molar-refractivity contribution in [2.45, 2.75) is 54.7 Å². The van der Waals surface area contributed by atoms with Gasteiger partial charge >= 0.3 is 0 Å². The number of nitrogens with zero attached hydrogens (tertiary/aromatic N) is 2. The number of carbonyl (C=O) groups excluding carboxylic acids is 1. The Morgan fingerprint density at radius 3 is 2.81 bits per heavy atom. The molecule has 5 nitrogen and oxygen atoms in total. The van der Waals surface area contributed by atoms with E-state index in [2.05, 4.69) is 5.32 Å². The molecule has 1 aromatic carbocycles. The third-order valence-electron chi connectivity index (χ3n) is 4.98. The van der Waals surface area contributed by atoms with Crippen LogP contribution in [0.25, 0.3) is 0 Å². The molecule has 0 radical (unpaired) electrons. The van der Waals surface area contributed by atoms with Crippen molar-refractivity contribution in [3.05, 3.63) is 51.9 Å². The number of fused-ring (bicyclic) bond motifs is 1. The highest BCUT2D eigenvalue weighted by molar-refractivity contribution is 8.00. The third kappa shape index (κ3) is 4.41. The summed E-state index contributed by atoms with van der Waals surface area (Å²) in [7, 11) is 0. The summed E-state index contributed by atoms with van der Waals surface area (Å²) in [5.74, 6) is 1.23. The molecular formula is C20H23N3O2S2. The molecule has 1 N–H and O–H groups in total. The Hall–Kier alpha value is -1.73. The minimum atomic E-state index is 0.0186. The number of carbonyl (C=O) groups is 1. The van der Waals surface area contributed by atoms with E-state index in [1.807, 2.05) is 30.3 Å². The lowest BCUT2D eigenvalue weighted by atomic mass is 10.2. The van der Waals surface area contributed by atoms with Crippen molar-refractivity contribution in [1.82, 2.24) is 14.9 Å². The van der Waals surface area contributed by atoms with Gasteiger partial charge in [0.25, 0.3) is 5.56 Å². The Bertz CT molecular complexity index is 877. The average molecular weight is 402 g/mol. The number of aryl methyl sites for hydroxylation is 1. The molecule has 2 aliphatic rings. The molecular weight excluding hydrogens is 378 g/mol. The van der Waals surface area contributed by atoms with Crippen LogP contribution in [0.15, 0.2) is 45.2 Å². The molecule has 2 aromatic rings. The van der Waals surface area contributed by atoms with E-state index in [4.69, 9.17) is 4.98 Å². The van der Waals surface area contributed by atoms with Gasteiger partial charge in [-0.25, -0.2) is 4.98 Å². The highest BCUT2D eigenvalue weighted by Crippen LogP contribution is 2.29. The summed E-state index contributed by atoms with van der Waals surface area (Å²) in [6.07, 6.45) is 5.35. The maximum Gasteiger partial charge on any atom is 0.268 e. The first-order valence-corrected chi connectivity index (χ1v) is 11.4. The van der Waals surface area contributed by atoms with Crippen LogP contribution < -0.4 is 10.9 Å². The number of rotatable bonds is 6. The summed E-state index contributed by atoms with van der Waals surface area (Å²) in [6, 6.07) is 10.2. The van der Waals surface area contributed by atoms with E-state index in [1.165, 1.54) is 24.6 Å². The maximum absolute atomic E-state index is 13.0. The van der Waals surface area contributed by atoms with Crippen molar-refractivity contribution < 1.29 is 4.79 Å². The van der Waals surface area contributed by atoms with Crippen molar-refractivity contribution >= 4 is 29.4 Å². The number of aromatic nitrogens is 2. The lowest BCUT2D eigenvalue weighted by Crippen LogP contribution is -2.34. The summed E-state index contributed by atoms with van der Waals surface area (Å²) < 4.78 is 1.72. The fraction of sp³-hybridized carbons (Fsp3) is 0.450. The molecule has 27 heavy (non-hydrogen) atoms. The van der Waals surface area contributed by atoms with E-state index in [1.54, 1.807) is 16.3 Å². The Morgan fingerprint density at radius 1 is 1.26 bits per heavy atom. The molecule has 4 rings (SSSR count). The molecule has 1 aliphatic heterocycles. The van der Waals surface area contributed by atoms with E-state index in [0.717, 1.165) is 41.2 Å². The Balaban J connectivity index is 1.54. The van der Waals surface area contributed by atoms with Gasteiger partial charge in [0, 0.05) is 18.2 Å². The van der Waals surface area contributed by atoms with Gasteiger partial charge in [0.2, 0.25) is 5.91 Å². The summed E-state index contributed by atoms with van der Waals surface area (Å²) in [6.45, 7) is 0.479. The largest absolute Gasteiger partial charge is 0.353 e. The smallest absolute Gasteiger partial charge is 0.268 e. The second-order valence-electron chi connectivity index (χ2n) is 6.98. The standard InChI is InChI=1S/C20H23N3O2S2/c24-17(21-15-8-4-5-9-15)13-27-20-22-16-10-11-26-18(16)19(25)23(20)12-14-6-2-1-3-7-14/h1-3,6-7,15H,4-5,8-13H2,(H,21,24). The number of nitrogens with one attached hydrogen (secondary N) is 1. The minimum absolute atomic E-state index is 0.0186. The van der Waals surface area contributed by atoms with Gasteiger partial charge in [-0.2, -0.15) is 0 Å². The molecule has 1 saturated carbocycles. The van der Waals surface area contributed by atoms with E-state index >= 15 is 0 Å². The van der Waals surface area contributed by atoms with Crippen molar-refractivity contribution in [3.8, 4) is 0 Å². The van der Waals surface area contributed by atoms with Crippen LogP contribution in [0.2, 0.25) is 0 Å². The summed E-state index contributed by atoms with van der Waals surface area (Å²) in [5.41, 5.74) is 1.96.